The highest BCUT2D eigenvalue weighted by atomic mass is 35.5. The van der Waals surface area contributed by atoms with E-state index in [2.05, 4.69) is 5.10 Å². The molecule has 2 aliphatic heterocycles. The largest absolute Gasteiger partial charge is 0.465 e. The molecule has 1 atom stereocenters. The summed E-state index contributed by atoms with van der Waals surface area (Å²) in [5, 5.41) is 14.8. The Balaban J connectivity index is 1.46. The van der Waals surface area contributed by atoms with Crippen molar-refractivity contribution in [1.29, 1.82) is 0 Å². The molecule has 2 fully saturated rings. The number of halogens is 1. The topological polar surface area (TPSA) is 78.7 Å². The first kappa shape index (κ1) is 19.4. The quantitative estimate of drug-likeness (QED) is 0.794. The Morgan fingerprint density at radius 1 is 1.20 bits per heavy atom. The Morgan fingerprint density at radius 3 is 2.73 bits per heavy atom. The zero-order valence-corrected chi connectivity index (χ0v) is 17.7. The van der Waals surface area contributed by atoms with Crippen LogP contribution in [0.5, 0.6) is 0 Å². The first-order chi connectivity index (χ1) is 14.4. The molecular formula is C22H25ClN4O3. The molecule has 8 heteroatoms. The van der Waals surface area contributed by atoms with E-state index in [0.717, 1.165) is 47.9 Å². The van der Waals surface area contributed by atoms with E-state index < -0.39 is 6.09 Å². The Labute approximate surface area is 180 Å². The molecule has 30 heavy (non-hydrogen) atoms. The van der Waals surface area contributed by atoms with Crippen molar-refractivity contribution in [3.8, 4) is 0 Å². The van der Waals surface area contributed by atoms with Gasteiger partial charge in [0.15, 0.2) is 5.69 Å². The average Bonchev–Trinajstić information content (AvgIpc) is 3.31. The summed E-state index contributed by atoms with van der Waals surface area (Å²) in [5.74, 6) is -0.0556. The Bertz CT molecular complexity index is 1030. The molecule has 0 radical (unpaired) electrons. The van der Waals surface area contributed by atoms with Crippen LogP contribution in [0, 0.1) is 6.92 Å². The van der Waals surface area contributed by atoms with E-state index in [1.165, 1.54) is 4.90 Å². The summed E-state index contributed by atoms with van der Waals surface area (Å²) < 4.78 is 1.93. The summed E-state index contributed by atoms with van der Waals surface area (Å²) in [4.78, 5) is 28.3. The van der Waals surface area contributed by atoms with E-state index in [1.807, 2.05) is 34.8 Å². The van der Waals surface area contributed by atoms with Gasteiger partial charge in [0.25, 0.3) is 5.91 Å². The van der Waals surface area contributed by atoms with Crippen molar-refractivity contribution in [1.82, 2.24) is 19.6 Å². The van der Waals surface area contributed by atoms with Crippen molar-refractivity contribution in [2.24, 2.45) is 0 Å². The van der Waals surface area contributed by atoms with Crippen molar-refractivity contribution < 1.29 is 14.7 Å². The minimum Gasteiger partial charge on any atom is -0.465 e. The highest BCUT2D eigenvalue weighted by Gasteiger charge is 2.35. The molecule has 3 heterocycles. The van der Waals surface area contributed by atoms with Gasteiger partial charge in [0.05, 0.1) is 12.1 Å². The van der Waals surface area contributed by atoms with Crippen LogP contribution >= 0.6 is 11.6 Å². The van der Waals surface area contributed by atoms with Gasteiger partial charge >= 0.3 is 6.09 Å². The monoisotopic (exact) mass is 428 g/mol. The van der Waals surface area contributed by atoms with E-state index in [-0.39, 0.29) is 11.9 Å². The lowest BCUT2D eigenvalue weighted by molar-refractivity contribution is 0.0724. The van der Waals surface area contributed by atoms with E-state index in [4.69, 9.17) is 11.6 Å². The summed E-state index contributed by atoms with van der Waals surface area (Å²) in [5.41, 5.74) is 4.52. The lowest BCUT2D eigenvalue weighted by Crippen LogP contribution is -2.38. The van der Waals surface area contributed by atoms with E-state index in [0.29, 0.717) is 42.8 Å². The van der Waals surface area contributed by atoms with Crippen molar-refractivity contribution in [3.05, 3.63) is 51.3 Å². The second-order valence-corrected chi connectivity index (χ2v) is 9.05. The molecule has 1 unspecified atom stereocenters. The van der Waals surface area contributed by atoms with Crippen LogP contribution in [0.15, 0.2) is 18.3 Å². The second-order valence-electron chi connectivity index (χ2n) is 8.62. The van der Waals surface area contributed by atoms with Gasteiger partial charge in [-0.05, 0) is 67.9 Å². The summed E-state index contributed by atoms with van der Waals surface area (Å²) >= 11 is 6.38. The number of hydrogen-bond donors (Lipinski definition) is 1. The highest BCUT2D eigenvalue weighted by Crippen LogP contribution is 2.39. The Kier molecular flexibility index (Phi) is 4.73. The van der Waals surface area contributed by atoms with Gasteiger partial charge in [0.1, 0.15) is 0 Å². The maximum atomic E-state index is 13.3. The fourth-order valence-electron chi connectivity index (χ4n) is 4.82. The van der Waals surface area contributed by atoms with Crippen molar-refractivity contribution in [2.45, 2.75) is 57.7 Å². The molecular weight excluding hydrogens is 404 g/mol. The van der Waals surface area contributed by atoms with Crippen LogP contribution in [0.2, 0.25) is 5.02 Å². The van der Waals surface area contributed by atoms with Gasteiger partial charge in [-0.15, -0.1) is 0 Å². The normalized spacial score (nSPS) is 21.1. The molecule has 1 saturated carbocycles. The first-order valence-electron chi connectivity index (χ1n) is 10.6. The number of benzene rings is 1. The van der Waals surface area contributed by atoms with Gasteiger partial charge in [0.2, 0.25) is 0 Å². The fraction of sp³-hybridized carbons (Fsp3) is 0.500. The van der Waals surface area contributed by atoms with Gasteiger partial charge in [-0.1, -0.05) is 11.6 Å². The van der Waals surface area contributed by atoms with E-state index in [9.17, 15) is 14.7 Å². The molecule has 3 aliphatic rings. The zero-order valence-electron chi connectivity index (χ0n) is 17.0. The number of fused-ring (bicyclic) bond motifs is 1. The lowest BCUT2D eigenvalue weighted by Gasteiger charge is -2.33. The van der Waals surface area contributed by atoms with Gasteiger partial charge in [-0.3, -0.25) is 9.48 Å². The smallest absolute Gasteiger partial charge is 0.407 e. The predicted octanol–water partition coefficient (Wildman–Crippen LogP) is 4.19. The van der Waals surface area contributed by atoms with Crippen molar-refractivity contribution in [2.75, 3.05) is 13.1 Å². The molecule has 1 aromatic heterocycles. The summed E-state index contributed by atoms with van der Waals surface area (Å²) in [7, 11) is 0. The summed E-state index contributed by atoms with van der Waals surface area (Å²) in [6.07, 6.45) is 5.62. The molecule has 7 nitrogen and oxygen atoms in total. The average molecular weight is 429 g/mol. The number of hydrogen-bond acceptors (Lipinski definition) is 3. The molecule has 1 saturated heterocycles. The van der Waals surface area contributed by atoms with Crippen LogP contribution < -0.4 is 0 Å². The Morgan fingerprint density at radius 2 is 2.00 bits per heavy atom. The van der Waals surface area contributed by atoms with E-state index >= 15 is 0 Å². The van der Waals surface area contributed by atoms with Gasteiger partial charge in [-0.25, -0.2) is 4.79 Å². The molecule has 2 aromatic rings. The maximum absolute atomic E-state index is 13.3. The number of aromatic nitrogens is 2. The molecule has 0 spiro atoms. The summed E-state index contributed by atoms with van der Waals surface area (Å²) in [6, 6.07) is 4.06. The van der Waals surface area contributed by atoms with Crippen LogP contribution in [-0.2, 0) is 13.0 Å². The fourth-order valence-corrected chi connectivity index (χ4v) is 5.07. The number of carbonyl (C=O) groups excluding carboxylic acids is 1. The number of nitrogens with zero attached hydrogens (tertiary/aromatic N) is 4. The van der Waals surface area contributed by atoms with Gasteiger partial charge < -0.3 is 14.9 Å². The molecule has 158 valence electrons. The maximum Gasteiger partial charge on any atom is 0.407 e. The molecule has 1 N–H and O–H groups in total. The number of likely N-dealkylation sites (tertiary alicyclic amines) is 1. The molecule has 5 rings (SSSR count). The highest BCUT2D eigenvalue weighted by molar-refractivity contribution is 6.30. The van der Waals surface area contributed by atoms with Crippen molar-refractivity contribution in [3.63, 3.8) is 0 Å². The third-order valence-electron chi connectivity index (χ3n) is 6.52. The molecule has 0 bridgehead atoms. The number of aryl methyl sites for hydroxylation is 1. The van der Waals surface area contributed by atoms with E-state index in [1.54, 1.807) is 0 Å². The first-order valence-corrected chi connectivity index (χ1v) is 11.0. The van der Waals surface area contributed by atoms with Crippen LogP contribution in [0.3, 0.4) is 0 Å². The third-order valence-corrected chi connectivity index (χ3v) is 6.74. The minimum atomic E-state index is -0.906. The van der Waals surface area contributed by atoms with Gasteiger partial charge in [0, 0.05) is 36.4 Å². The molecule has 1 aliphatic carbocycles. The SMILES string of the molecule is Cc1cn(C2CC2)nc1C(=O)N1CCc2cc(Cl)cc(C3CCCN3C(=O)O)c2C1. The second kappa shape index (κ2) is 7.30. The van der Waals surface area contributed by atoms with Crippen molar-refractivity contribution >= 4 is 23.6 Å². The van der Waals surface area contributed by atoms with Crippen LogP contribution in [0.4, 0.5) is 4.79 Å². The zero-order chi connectivity index (χ0) is 21.0. The van der Waals surface area contributed by atoms with Crippen LogP contribution in [-0.4, -0.2) is 49.8 Å². The number of rotatable bonds is 3. The predicted molar refractivity (Wildman–Crippen MR) is 112 cm³/mol. The number of carboxylic acid groups (broad SMARTS) is 1. The molecule has 1 aromatic carbocycles. The van der Waals surface area contributed by atoms with Crippen LogP contribution in [0.1, 0.15) is 70.5 Å². The van der Waals surface area contributed by atoms with Crippen LogP contribution in [0.25, 0.3) is 0 Å². The lowest BCUT2D eigenvalue weighted by atomic mass is 9.90. The standard InChI is InChI=1S/C22H25ClN4O3/c1-13-11-27(16-4-5-16)24-20(13)21(28)25-8-6-14-9-15(23)10-17(18(14)12-25)19-3-2-7-26(19)22(29)30/h9-11,16,19H,2-8,12H2,1H3,(H,29,30). The minimum absolute atomic E-state index is 0.0556. The number of amides is 2. The summed E-state index contributed by atoms with van der Waals surface area (Å²) in [6.45, 7) is 3.53. The number of carbonyl (C=O) groups is 2. The Hall–Kier alpha value is -2.54. The molecule has 2 amide bonds. The third kappa shape index (κ3) is 3.35. The van der Waals surface area contributed by atoms with Gasteiger partial charge in [-0.2, -0.15) is 5.10 Å².